The lowest BCUT2D eigenvalue weighted by molar-refractivity contribution is -0.137. The summed E-state index contributed by atoms with van der Waals surface area (Å²) in [6.07, 6.45) is -0.927. The maximum Gasteiger partial charge on any atom is 0.416 e. The second kappa shape index (κ2) is 5.33. The monoisotopic (exact) mass is 309 g/mol. The minimum absolute atomic E-state index is 0.513. The molecular weight excluding hydrogens is 299 g/mol. The number of hydrogen-bond donors (Lipinski definition) is 1. The van der Waals surface area contributed by atoms with Crippen molar-refractivity contribution in [2.45, 2.75) is 12.7 Å². The summed E-state index contributed by atoms with van der Waals surface area (Å²) in [5.74, 6) is 0. The van der Waals surface area contributed by atoms with Crippen LogP contribution in [0.2, 0.25) is 0 Å². The molecule has 7 heteroatoms. The zero-order chi connectivity index (χ0) is 14.9. The van der Waals surface area contributed by atoms with Crippen molar-refractivity contribution >= 4 is 26.7 Å². The molecular formula is C14H10F3N3S. The first-order valence-electron chi connectivity index (χ1n) is 6.13. The first-order valence-corrected chi connectivity index (χ1v) is 6.94. The van der Waals surface area contributed by atoms with Gasteiger partial charge in [0, 0.05) is 18.9 Å². The Morgan fingerprint density at radius 1 is 1.19 bits per heavy atom. The van der Waals surface area contributed by atoms with E-state index in [4.69, 9.17) is 0 Å². The lowest BCUT2D eigenvalue weighted by Crippen LogP contribution is -2.03. The number of anilines is 1. The zero-order valence-electron chi connectivity index (χ0n) is 10.7. The normalized spacial score (nSPS) is 11.8. The van der Waals surface area contributed by atoms with Crippen LogP contribution in [0.4, 0.5) is 18.3 Å². The van der Waals surface area contributed by atoms with E-state index in [0.29, 0.717) is 21.9 Å². The van der Waals surface area contributed by atoms with Crippen LogP contribution in [-0.4, -0.2) is 9.97 Å². The molecule has 0 unspecified atom stereocenters. The van der Waals surface area contributed by atoms with Crippen LogP contribution in [-0.2, 0) is 12.7 Å². The third kappa shape index (κ3) is 3.13. The standard InChI is InChI=1S/C14H10F3N3S/c15-14(16,17)10-3-4-11-12(6-10)21-13(20-11)19-8-9-2-1-5-18-7-9/h1-7H,8H2,(H,19,20). The molecule has 0 fully saturated rings. The van der Waals surface area contributed by atoms with Crippen LogP contribution in [0.15, 0.2) is 42.7 Å². The van der Waals surface area contributed by atoms with Gasteiger partial charge in [0.05, 0.1) is 15.8 Å². The number of rotatable bonds is 3. The molecule has 0 saturated heterocycles. The average molecular weight is 309 g/mol. The number of alkyl halides is 3. The molecule has 3 nitrogen and oxygen atoms in total. The molecule has 0 spiro atoms. The molecule has 21 heavy (non-hydrogen) atoms. The van der Waals surface area contributed by atoms with Crippen molar-refractivity contribution in [2.75, 3.05) is 5.32 Å². The Bertz CT molecular complexity index is 753. The largest absolute Gasteiger partial charge is 0.416 e. The van der Waals surface area contributed by atoms with E-state index in [1.165, 1.54) is 17.4 Å². The van der Waals surface area contributed by atoms with E-state index in [1.807, 2.05) is 12.1 Å². The molecule has 1 N–H and O–H groups in total. The lowest BCUT2D eigenvalue weighted by Gasteiger charge is -2.04. The van der Waals surface area contributed by atoms with E-state index in [1.54, 1.807) is 12.4 Å². The van der Waals surface area contributed by atoms with E-state index in [-0.39, 0.29) is 0 Å². The van der Waals surface area contributed by atoms with Gasteiger partial charge in [-0.1, -0.05) is 17.4 Å². The number of aromatic nitrogens is 2. The molecule has 0 atom stereocenters. The topological polar surface area (TPSA) is 37.8 Å². The number of fused-ring (bicyclic) bond motifs is 1. The average Bonchev–Trinajstić information content (AvgIpc) is 2.87. The zero-order valence-corrected chi connectivity index (χ0v) is 11.5. The fourth-order valence-electron chi connectivity index (χ4n) is 1.86. The summed E-state index contributed by atoms with van der Waals surface area (Å²) >= 11 is 1.20. The molecule has 0 aliphatic carbocycles. The number of benzene rings is 1. The van der Waals surface area contributed by atoms with Crippen molar-refractivity contribution in [3.63, 3.8) is 0 Å². The van der Waals surface area contributed by atoms with Gasteiger partial charge in [0.15, 0.2) is 5.13 Å². The summed E-state index contributed by atoms with van der Waals surface area (Å²) in [5, 5.41) is 3.69. The fourth-order valence-corrected chi connectivity index (χ4v) is 2.76. The minimum atomic E-state index is -4.33. The Morgan fingerprint density at radius 3 is 2.76 bits per heavy atom. The smallest absolute Gasteiger partial charge is 0.357 e. The number of pyridine rings is 1. The van der Waals surface area contributed by atoms with E-state index in [0.717, 1.165) is 17.7 Å². The molecule has 3 rings (SSSR count). The predicted molar refractivity (Wildman–Crippen MR) is 76.2 cm³/mol. The van der Waals surface area contributed by atoms with Crippen LogP contribution in [0.5, 0.6) is 0 Å². The summed E-state index contributed by atoms with van der Waals surface area (Å²) in [7, 11) is 0. The third-order valence-electron chi connectivity index (χ3n) is 2.88. The van der Waals surface area contributed by atoms with Gasteiger partial charge in [-0.3, -0.25) is 4.98 Å². The highest BCUT2D eigenvalue weighted by atomic mass is 32.1. The molecule has 0 aliphatic rings. The Hall–Kier alpha value is -2.15. The molecule has 3 aromatic rings. The Morgan fingerprint density at radius 2 is 2.05 bits per heavy atom. The van der Waals surface area contributed by atoms with Gasteiger partial charge < -0.3 is 5.32 Å². The van der Waals surface area contributed by atoms with E-state index in [9.17, 15) is 13.2 Å². The molecule has 0 amide bonds. The molecule has 0 bridgehead atoms. The summed E-state index contributed by atoms with van der Waals surface area (Å²) in [5.41, 5.74) is 0.881. The summed E-state index contributed by atoms with van der Waals surface area (Å²) in [6, 6.07) is 7.30. The number of halogens is 3. The predicted octanol–water partition coefficient (Wildman–Crippen LogP) is 4.32. The van der Waals surface area contributed by atoms with Crippen molar-refractivity contribution in [1.29, 1.82) is 0 Å². The first kappa shape index (κ1) is 13.8. The first-order chi connectivity index (χ1) is 10.0. The van der Waals surface area contributed by atoms with Gasteiger partial charge in [0.25, 0.3) is 0 Å². The molecule has 1 aromatic carbocycles. The maximum atomic E-state index is 12.7. The fraction of sp³-hybridized carbons (Fsp3) is 0.143. The quantitative estimate of drug-likeness (QED) is 0.783. The van der Waals surface area contributed by atoms with E-state index < -0.39 is 11.7 Å². The van der Waals surface area contributed by atoms with Gasteiger partial charge >= 0.3 is 6.18 Å². The summed E-state index contributed by atoms with van der Waals surface area (Å²) in [6.45, 7) is 0.528. The number of hydrogen-bond acceptors (Lipinski definition) is 4. The van der Waals surface area contributed by atoms with Crippen LogP contribution >= 0.6 is 11.3 Å². The van der Waals surface area contributed by atoms with Crippen LogP contribution < -0.4 is 5.32 Å². The third-order valence-corrected chi connectivity index (χ3v) is 3.86. The van der Waals surface area contributed by atoms with E-state index >= 15 is 0 Å². The summed E-state index contributed by atoms with van der Waals surface area (Å²) < 4.78 is 38.5. The van der Waals surface area contributed by atoms with Gasteiger partial charge in [-0.15, -0.1) is 0 Å². The Labute approximate surface area is 122 Å². The Balaban J connectivity index is 1.81. The van der Waals surface area contributed by atoms with Crippen LogP contribution in [0.3, 0.4) is 0 Å². The van der Waals surface area contributed by atoms with Crippen LogP contribution in [0.1, 0.15) is 11.1 Å². The van der Waals surface area contributed by atoms with Crippen LogP contribution in [0.25, 0.3) is 10.2 Å². The van der Waals surface area contributed by atoms with Gasteiger partial charge in [-0.2, -0.15) is 13.2 Å². The number of nitrogens with zero attached hydrogens (tertiary/aromatic N) is 2. The molecule has 2 aromatic heterocycles. The highest BCUT2D eigenvalue weighted by molar-refractivity contribution is 7.22. The second-order valence-electron chi connectivity index (χ2n) is 4.41. The van der Waals surface area contributed by atoms with Crippen molar-refractivity contribution in [3.05, 3.63) is 53.9 Å². The minimum Gasteiger partial charge on any atom is -0.357 e. The van der Waals surface area contributed by atoms with Crippen molar-refractivity contribution in [1.82, 2.24) is 9.97 Å². The molecule has 2 heterocycles. The highest BCUT2D eigenvalue weighted by Crippen LogP contribution is 2.34. The highest BCUT2D eigenvalue weighted by Gasteiger charge is 2.30. The SMILES string of the molecule is FC(F)(F)c1ccc2nc(NCc3cccnc3)sc2c1. The van der Waals surface area contributed by atoms with Gasteiger partial charge in [-0.25, -0.2) is 4.98 Å². The van der Waals surface area contributed by atoms with Crippen molar-refractivity contribution < 1.29 is 13.2 Å². The van der Waals surface area contributed by atoms with E-state index in [2.05, 4.69) is 15.3 Å². The molecule has 0 saturated carbocycles. The maximum absolute atomic E-state index is 12.7. The molecule has 0 aliphatic heterocycles. The van der Waals surface area contributed by atoms with Gasteiger partial charge in [0.1, 0.15) is 0 Å². The van der Waals surface area contributed by atoms with Gasteiger partial charge in [-0.05, 0) is 29.8 Å². The van der Waals surface area contributed by atoms with Crippen molar-refractivity contribution in [3.8, 4) is 0 Å². The number of thiazole rings is 1. The van der Waals surface area contributed by atoms with Crippen molar-refractivity contribution in [2.24, 2.45) is 0 Å². The van der Waals surface area contributed by atoms with Gasteiger partial charge in [0.2, 0.25) is 0 Å². The van der Waals surface area contributed by atoms with Crippen LogP contribution in [0, 0.1) is 0 Å². The molecule has 0 radical (unpaired) electrons. The molecule has 108 valence electrons. The number of nitrogens with one attached hydrogen (secondary N) is 1. The second-order valence-corrected chi connectivity index (χ2v) is 5.44. The summed E-state index contributed by atoms with van der Waals surface area (Å²) in [4.78, 5) is 8.27. The lowest BCUT2D eigenvalue weighted by atomic mass is 10.2. The Kier molecular flexibility index (Phi) is 3.50.